The number of aryl methyl sites for hydroxylation is 1. The van der Waals surface area contributed by atoms with Crippen LogP contribution in [0.15, 0.2) is 90.0 Å². The van der Waals surface area contributed by atoms with E-state index in [4.69, 9.17) is 0 Å². The number of nitrogens with one attached hydrogen (secondary N) is 2. The predicted octanol–water partition coefficient (Wildman–Crippen LogP) is 4.17. The fourth-order valence-corrected chi connectivity index (χ4v) is 3.27. The van der Waals surface area contributed by atoms with Crippen LogP contribution in [0.25, 0.3) is 0 Å². The zero-order chi connectivity index (χ0) is 19.9. The zero-order valence-corrected chi connectivity index (χ0v) is 16.1. The van der Waals surface area contributed by atoms with Gasteiger partial charge in [-0.15, -0.1) is 0 Å². The second kappa shape index (κ2) is 9.00. The third-order valence-corrected chi connectivity index (χ3v) is 5.05. The molecular formula is C21H22N2O3S. The standard InChI is InChI=1S/C21H22N2O3S/c1-4-6-9-18(5-2)22-21(24)17-8-7-10-19(15-17)23-27(25,26)20-13-11-16(3)12-14-20/h4-15,23H,2H2,1,3H3,(H,22,24)/b6-4-,18-9+. The molecular weight excluding hydrogens is 360 g/mol. The number of hydrogen-bond donors (Lipinski definition) is 2. The van der Waals surface area contributed by atoms with Gasteiger partial charge in [0.2, 0.25) is 0 Å². The second-order valence-electron chi connectivity index (χ2n) is 5.81. The van der Waals surface area contributed by atoms with Gasteiger partial charge in [0, 0.05) is 16.9 Å². The van der Waals surface area contributed by atoms with Crippen molar-refractivity contribution in [1.29, 1.82) is 0 Å². The lowest BCUT2D eigenvalue weighted by atomic mass is 10.2. The van der Waals surface area contributed by atoms with Crippen LogP contribution in [0.3, 0.4) is 0 Å². The molecule has 0 aliphatic carbocycles. The lowest BCUT2D eigenvalue weighted by molar-refractivity contribution is 0.0967. The van der Waals surface area contributed by atoms with Gasteiger partial charge >= 0.3 is 0 Å². The molecule has 0 saturated heterocycles. The molecule has 0 atom stereocenters. The Balaban J connectivity index is 2.20. The largest absolute Gasteiger partial charge is 0.322 e. The van der Waals surface area contributed by atoms with Crippen molar-refractivity contribution in [3.05, 3.63) is 96.2 Å². The van der Waals surface area contributed by atoms with E-state index in [0.717, 1.165) is 5.56 Å². The Morgan fingerprint density at radius 3 is 2.44 bits per heavy atom. The van der Waals surface area contributed by atoms with Crippen LogP contribution in [-0.2, 0) is 10.0 Å². The second-order valence-corrected chi connectivity index (χ2v) is 7.49. The Bertz CT molecular complexity index is 988. The van der Waals surface area contributed by atoms with Crippen LogP contribution in [-0.4, -0.2) is 14.3 Å². The molecule has 1 amide bonds. The minimum atomic E-state index is -3.73. The quantitative estimate of drug-likeness (QED) is 0.706. The highest BCUT2D eigenvalue weighted by Gasteiger charge is 2.15. The average molecular weight is 382 g/mol. The van der Waals surface area contributed by atoms with Crippen molar-refractivity contribution in [1.82, 2.24) is 5.32 Å². The van der Waals surface area contributed by atoms with E-state index < -0.39 is 10.0 Å². The molecule has 0 radical (unpaired) electrons. The van der Waals surface area contributed by atoms with E-state index in [9.17, 15) is 13.2 Å². The molecule has 5 nitrogen and oxygen atoms in total. The summed E-state index contributed by atoms with van der Waals surface area (Å²) in [7, 11) is -3.73. The summed E-state index contributed by atoms with van der Waals surface area (Å²) in [6.45, 7) is 7.40. The molecule has 0 aromatic heterocycles. The first-order valence-electron chi connectivity index (χ1n) is 8.32. The van der Waals surface area contributed by atoms with Crippen LogP contribution in [0.4, 0.5) is 5.69 Å². The molecule has 0 fully saturated rings. The van der Waals surface area contributed by atoms with Crippen molar-refractivity contribution >= 4 is 21.6 Å². The maximum absolute atomic E-state index is 12.5. The van der Waals surface area contributed by atoms with Gasteiger partial charge in [-0.25, -0.2) is 8.42 Å². The lowest BCUT2D eigenvalue weighted by Gasteiger charge is -2.10. The Morgan fingerprint density at radius 2 is 1.81 bits per heavy atom. The molecule has 0 saturated carbocycles. The van der Waals surface area contributed by atoms with Crippen LogP contribution < -0.4 is 10.0 Å². The molecule has 0 heterocycles. The van der Waals surface area contributed by atoms with Crippen molar-refractivity contribution in [2.75, 3.05) is 4.72 Å². The number of sulfonamides is 1. The monoisotopic (exact) mass is 382 g/mol. The molecule has 2 aromatic rings. The predicted molar refractivity (Wildman–Crippen MR) is 109 cm³/mol. The van der Waals surface area contributed by atoms with E-state index in [1.807, 2.05) is 19.9 Å². The van der Waals surface area contributed by atoms with Gasteiger partial charge in [-0.1, -0.05) is 42.5 Å². The molecule has 0 aliphatic rings. The van der Waals surface area contributed by atoms with Crippen LogP contribution in [0.5, 0.6) is 0 Å². The summed E-state index contributed by atoms with van der Waals surface area (Å²) in [6, 6.07) is 12.8. The smallest absolute Gasteiger partial charge is 0.261 e. The van der Waals surface area contributed by atoms with Gasteiger partial charge in [0.05, 0.1) is 4.90 Å². The first-order chi connectivity index (χ1) is 12.9. The Hall–Kier alpha value is -3.12. The first kappa shape index (κ1) is 20.2. The molecule has 2 rings (SSSR count). The summed E-state index contributed by atoms with van der Waals surface area (Å²) in [4.78, 5) is 12.6. The van der Waals surface area contributed by atoms with Crippen molar-refractivity contribution in [2.45, 2.75) is 18.7 Å². The molecule has 140 valence electrons. The van der Waals surface area contributed by atoms with Gasteiger partial charge < -0.3 is 5.32 Å². The molecule has 0 spiro atoms. The van der Waals surface area contributed by atoms with E-state index in [1.54, 1.807) is 42.5 Å². The van der Waals surface area contributed by atoms with Gasteiger partial charge in [0.15, 0.2) is 0 Å². The first-order valence-corrected chi connectivity index (χ1v) is 9.80. The topological polar surface area (TPSA) is 75.3 Å². The Labute approximate surface area is 160 Å². The number of amides is 1. The van der Waals surface area contributed by atoms with Gasteiger partial charge in [-0.2, -0.15) is 0 Å². The van der Waals surface area contributed by atoms with Crippen molar-refractivity contribution in [3.63, 3.8) is 0 Å². The summed E-state index contributed by atoms with van der Waals surface area (Å²) >= 11 is 0. The summed E-state index contributed by atoms with van der Waals surface area (Å²) in [5, 5.41) is 2.72. The number of benzene rings is 2. The minimum absolute atomic E-state index is 0.159. The van der Waals surface area contributed by atoms with E-state index in [0.29, 0.717) is 16.9 Å². The highest BCUT2D eigenvalue weighted by atomic mass is 32.2. The number of carbonyl (C=O) groups excluding carboxylic acids is 1. The molecule has 6 heteroatoms. The third-order valence-electron chi connectivity index (χ3n) is 3.65. The van der Waals surface area contributed by atoms with Gasteiger partial charge in [0.1, 0.15) is 0 Å². The molecule has 27 heavy (non-hydrogen) atoms. The molecule has 2 N–H and O–H groups in total. The summed E-state index contributed by atoms with van der Waals surface area (Å²) in [5.74, 6) is -0.359. The maximum atomic E-state index is 12.5. The number of rotatable bonds is 7. The fraction of sp³-hybridized carbons (Fsp3) is 0.0952. The van der Waals surface area contributed by atoms with Crippen LogP contribution in [0.1, 0.15) is 22.8 Å². The SMILES string of the molecule is C=C/C(=C\C=C/C)NC(=O)c1cccc(NS(=O)(=O)c2ccc(C)cc2)c1. The van der Waals surface area contributed by atoms with E-state index in [1.165, 1.54) is 24.3 Å². The molecule has 0 unspecified atom stereocenters. The average Bonchev–Trinajstić information content (AvgIpc) is 2.65. The third kappa shape index (κ3) is 5.69. The highest BCUT2D eigenvalue weighted by Crippen LogP contribution is 2.18. The van der Waals surface area contributed by atoms with E-state index in [-0.39, 0.29) is 10.8 Å². The number of allylic oxidation sites excluding steroid dienone is 4. The fourth-order valence-electron chi connectivity index (χ4n) is 2.22. The molecule has 0 bridgehead atoms. The number of carbonyl (C=O) groups is 1. The van der Waals surface area contributed by atoms with Crippen molar-refractivity contribution in [2.24, 2.45) is 0 Å². The van der Waals surface area contributed by atoms with Gasteiger partial charge in [-0.05, 0) is 56.3 Å². The van der Waals surface area contributed by atoms with E-state index in [2.05, 4.69) is 16.6 Å². The zero-order valence-electron chi connectivity index (χ0n) is 15.3. The van der Waals surface area contributed by atoms with Gasteiger partial charge in [-0.3, -0.25) is 9.52 Å². The van der Waals surface area contributed by atoms with Gasteiger partial charge in [0.25, 0.3) is 15.9 Å². The molecule has 2 aromatic carbocycles. The Morgan fingerprint density at radius 1 is 1.11 bits per heavy atom. The Kier molecular flexibility index (Phi) is 6.73. The number of anilines is 1. The van der Waals surface area contributed by atoms with Crippen LogP contribution in [0.2, 0.25) is 0 Å². The van der Waals surface area contributed by atoms with Crippen LogP contribution >= 0.6 is 0 Å². The minimum Gasteiger partial charge on any atom is -0.322 e. The van der Waals surface area contributed by atoms with Crippen LogP contribution in [0, 0.1) is 6.92 Å². The summed E-state index contributed by atoms with van der Waals surface area (Å²) < 4.78 is 27.5. The van der Waals surface area contributed by atoms with Crippen molar-refractivity contribution in [3.8, 4) is 0 Å². The number of hydrogen-bond acceptors (Lipinski definition) is 3. The molecule has 0 aliphatic heterocycles. The van der Waals surface area contributed by atoms with Crippen molar-refractivity contribution < 1.29 is 13.2 Å². The highest BCUT2D eigenvalue weighted by molar-refractivity contribution is 7.92. The summed E-state index contributed by atoms with van der Waals surface area (Å²) in [5.41, 5.74) is 2.15. The summed E-state index contributed by atoms with van der Waals surface area (Å²) in [6.07, 6.45) is 6.86. The lowest BCUT2D eigenvalue weighted by Crippen LogP contribution is -2.22. The maximum Gasteiger partial charge on any atom is 0.261 e. The normalized spacial score (nSPS) is 12.0. The van der Waals surface area contributed by atoms with E-state index >= 15 is 0 Å².